The van der Waals surface area contributed by atoms with Crippen molar-refractivity contribution in [2.75, 3.05) is 12.3 Å². The van der Waals surface area contributed by atoms with E-state index >= 15 is 0 Å². The van der Waals surface area contributed by atoms with Gasteiger partial charge in [0, 0.05) is 31.0 Å². The van der Waals surface area contributed by atoms with Crippen molar-refractivity contribution in [3.63, 3.8) is 0 Å². The molecule has 1 aliphatic heterocycles. The fourth-order valence-corrected chi connectivity index (χ4v) is 4.44. The Kier molecular flexibility index (Phi) is 6.00. The molecule has 0 bridgehead atoms. The van der Waals surface area contributed by atoms with Crippen LogP contribution in [0.25, 0.3) is 0 Å². The van der Waals surface area contributed by atoms with Gasteiger partial charge in [0.05, 0.1) is 24.9 Å². The number of furan rings is 1. The van der Waals surface area contributed by atoms with Crippen molar-refractivity contribution in [3.8, 4) is 0 Å². The molecule has 3 heterocycles. The maximum Gasteiger partial charge on any atom is 0.251 e. The maximum atomic E-state index is 12.4. The number of aryl methyl sites for hydroxylation is 1. The topological polar surface area (TPSA) is 80.4 Å². The Balaban J connectivity index is 1.33. The molecule has 8 heteroatoms. The normalized spacial score (nSPS) is 16.3. The van der Waals surface area contributed by atoms with Crippen molar-refractivity contribution in [2.24, 2.45) is 0 Å². The zero-order valence-electron chi connectivity index (χ0n) is 15.9. The molecule has 0 spiro atoms. The van der Waals surface area contributed by atoms with Gasteiger partial charge in [0.15, 0.2) is 0 Å². The summed E-state index contributed by atoms with van der Waals surface area (Å²) in [5, 5.41) is 2.87. The lowest BCUT2D eigenvalue weighted by Crippen LogP contribution is -2.27. The van der Waals surface area contributed by atoms with E-state index in [2.05, 4.69) is 10.3 Å². The van der Waals surface area contributed by atoms with Gasteiger partial charge in [-0.2, -0.15) is 0 Å². The highest BCUT2D eigenvalue weighted by atomic mass is 32.2. The number of nitrogens with one attached hydrogen (secondary N) is 1. The van der Waals surface area contributed by atoms with E-state index in [1.165, 1.54) is 0 Å². The van der Waals surface area contributed by atoms with Gasteiger partial charge < -0.3 is 19.2 Å². The molecule has 0 unspecified atom stereocenters. The Morgan fingerprint density at radius 2 is 2.14 bits per heavy atom. The fourth-order valence-electron chi connectivity index (χ4n) is 3.26. The van der Waals surface area contributed by atoms with E-state index in [4.69, 9.17) is 4.42 Å². The van der Waals surface area contributed by atoms with Crippen molar-refractivity contribution < 1.29 is 14.0 Å². The first kappa shape index (κ1) is 19.3. The Morgan fingerprint density at radius 1 is 1.28 bits per heavy atom. The average molecular weight is 410 g/mol. The van der Waals surface area contributed by atoms with Gasteiger partial charge in [0.1, 0.15) is 11.1 Å². The van der Waals surface area contributed by atoms with Gasteiger partial charge in [0.2, 0.25) is 5.91 Å². The van der Waals surface area contributed by atoms with Gasteiger partial charge in [-0.1, -0.05) is 12.1 Å². The minimum atomic E-state index is -0.0928. The molecule has 1 aliphatic rings. The number of hydrogen-bond donors (Lipinski definition) is 1. The summed E-state index contributed by atoms with van der Waals surface area (Å²) in [4.78, 5) is 30.5. The van der Waals surface area contributed by atoms with E-state index in [1.807, 2.05) is 52.1 Å². The molecule has 1 atom stereocenters. The number of amides is 2. The summed E-state index contributed by atoms with van der Waals surface area (Å²) in [5.41, 5.74) is 1.62. The molecular weight excluding hydrogens is 388 g/mol. The predicted octanol–water partition coefficient (Wildman–Crippen LogP) is 3.07. The standard InChI is InChI=1S/C21H22N4O3S/c26-19-14-29-21(25(19)13-18-3-1-12-28-18)17-6-4-16(5-7-17)20(27)23-8-2-10-24-11-9-22-15-24/h1,3-7,9,11-12,15,21H,2,8,10,13-14H2,(H,23,27)/t21-/m0/s1. The third-order valence-corrected chi connectivity index (χ3v) is 6.03. The van der Waals surface area contributed by atoms with E-state index < -0.39 is 0 Å². The number of thioether (sulfide) groups is 1. The molecular formula is C21H22N4O3S. The lowest BCUT2D eigenvalue weighted by molar-refractivity contribution is -0.128. The highest BCUT2D eigenvalue weighted by molar-refractivity contribution is 8.00. The minimum Gasteiger partial charge on any atom is -0.467 e. The van der Waals surface area contributed by atoms with Gasteiger partial charge in [-0.25, -0.2) is 4.98 Å². The quantitative estimate of drug-likeness (QED) is 0.577. The summed E-state index contributed by atoms with van der Waals surface area (Å²) in [5.74, 6) is 1.21. The summed E-state index contributed by atoms with van der Waals surface area (Å²) in [6.07, 6.45) is 7.86. The van der Waals surface area contributed by atoms with Crippen molar-refractivity contribution in [1.82, 2.24) is 19.8 Å². The third-order valence-electron chi connectivity index (χ3n) is 4.77. The fraction of sp³-hybridized carbons (Fsp3) is 0.286. The van der Waals surface area contributed by atoms with E-state index in [-0.39, 0.29) is 17.2 Å². The molecule has 0 saturated carbocycles. The molecule has 1 fully saturated rings. The molecule has 4 rings (SSSR count). The number of aromatic nitrogens is 2. The van der Waals surface area contributed by atoms with Crippen LogP contribution in [0.3, 0.4) is 0 Å². The summed E-state index contributed by atoms with van der Waals surface area (Å²) in [6, 6.07) is 11.2. The number of rotatable bonds is 8. The first-order valence-corrected chi connectivity index (χ1v) is 10.5. The molecule has 29 heavy (non-hydrogen) atoms. The summed E-state index contributed by atoms with van der Waals surface area (Å²) < 4.78 is 7.37. The van der Waals surface area contributed by atoms with Crippen LogP contribution in [0.4, 0.5) is 0 Å². The summed E-state index contributed by atoms with van der Waals surface area (Å²) in [6.45, 7) is 1.86. The number of nitrogens with zero attached hydrogens (tertiary/aromatic N) is 3. The molecule has 2 aromatic heterocycles. The first-order chi connectivity index (χ1) is 14.2. The van der Waals surface area contributed by atoms with Crippen LogP contribution in [0.15, 0.2) is 65.8 Å². The van der Waals surface area contributed by atoms with Crippen LogP contribution < -0.4 is 5.32 Å². The van der Waals surface area contributed by atoms with Crippen LogP contribution in [0, 0.1) is 0 Å². The number of imidazole rings is 1. The smallest absolute Gasteiger partial charge is 0.251 e. The molecule has 1 N–H and O–H groups in total. The van der Waals surface area contributed by atoms with Gasteiger partial charge >= 0.3 is 0 Å². The Labute approximate surface area is 173 Å². The molecule has 7 nitrogen and oxygen atoms in total. The average Bonchev–Trinajstić information content (AvgIpc) is 3.50. The third kappa shape index (κ3) is 4.71. The molecule has 0 aliphatic carbocycles. The van der Waals surface area contributed by atoms with E-state index in [0.29, 0.717) is 24.4 Å². The van der Waals surface area contributed by atoms with Crippen molar-refractivity contribution in [2.45, 2.75) is 24.9 Å². The van der Waals surface area contributed by atoms with Crippen LogP contribution >= 0.6 is 11.8 Å². The number of benzene rings is 1. The minimum absolute atomic E-state index is 0.0695. The highest BCUT2D eigenvalue weighted by Crippen LogP contribution is 2.39. The molecule has 150 valence electrons. The van der Waals surface area contributed by atoms with E-state index in [1.54, 1.807) is 30.5 Å². The van der Waals surface area contributed by atoms with Crippen LogP contribution in [0.2, 0.25) is 0 Å². The molecule has 0 radical (unpaired) electrons. The molecule has 3 aromatic rings. The number of carbonyl (C=O) groups is 2. The SMILES string of the molecule is O=C(NCCCn1ccnc1)c1ccc([C@@H]2SCC(=O)N2Cc2ccco2)cc1. The maximum absolute atomic E-state index is 12.4. The number of hydrogen-bond acceptors (Lipinski definition) is 5. The van der Waals surface area contributed by atoms with E-state index in [0.717, 1.165) is 24.3 Å². The molecule has 1 saturated heterocycles. The largest absolute Gasteiger partial charge is 0.467 e. The molecule has 2 amide bonds. The predicted molar refractivity (Wildman–Crippen MR) is 110 cm³/mol. The highest BCUT2D eigenvalue weighted by Gasteiger charge is 2.33. The monoisotopic (exact) mass is 410 g/mol. The number of carbonyl (C=O) groups excluding carboxylic acids is 2. The Hall–Kier alpha value is -3.00. The van der Waals surface area contributed by atoms with Gasteiger partial charge in [-0.15, -0.1) is 11.8 Å². The second kappa shape index (κ2) is 9.00. The second-order valence-electron chi connectivity index (χ2n) is 6.80. The summed E-state index contributed by atoms with van der Waals surface area (Å²) in [7, 11) is 0. The van der Waals surface area contributed by atoms with Crippen LogP contribution in [-0.2, 0) is 17.9 Å². The van der Waals surface area contributed by atoms with Crippen molar-refractivity contribution in [3.05, 3.63) is 78.3 Å². The van der Waals surface area contributed by atoms with Crippen molar-refractivity contribution >= 4 is 23.6 Å². The lowest BCUT2D eigenvalue weighted by atomic mass is 10.1. The first-order valence-electron chi connectivity index (χ1n) is 9.48. The van der Waals surface area contributed by atoms with Crippen LogP contribution in [0.1, 0.15) is 33.5 Å². The van der Waals surface area contributed by atoms with Crippen LogP contribution in [-0.4, -0.2) is 38.6 Å². The van der Waals surface area contributed by atoms with Crippen LogP contribution in [0.5, 0.6) is 0 Å². The van der Waals surface area contributed by atoms with Gasteiger partial charge in [0.25, 0.3) is 5.91 Å². The zero-order chi connectivity index (χ0) is 20.1. The Bertz CT molecular complexity index is 939. The van der Waals surface area contributed by atoms with E-state index in [9.17, 15) is 9.59 Å². The second-order valence-corrected chi connectivity index (χ2v) is 7.86. The zero-order valence-corrected chi connectivity index (χ0v) is 16.7. The Morgan fingerprint density at radius 3 is 2.86 bits per heavy atom. The van der Waals surface area contributed by atoms with Gasteiger partial charge in [-0.05, 0) is 36.2 Å². The lowest BCUT2D eigenvalue weighted by Gasteiger charge is -2.23. The van der Waals surface area contributed by atoms with Crippen molar-refractivity contribution in [1.29, 1.82) is 0 Å². The van der Waals surface area contributed by atoms with Gasteiger partial charge in [-0.3, -0.25) is 9.59 Å². The summed E-state index contributed by atoms with van der Waals surface area (Å²) >= 11 is 1.59. The molecule has 1 aromatic carbocycles.